The number of pyridine rings is 1. The fourth-order valence-electron chi connectivity index (χ4n) is 4.41. The highest BCUT2D eigenvalue weighted by molar-refractivity contribution is 7.89. The molecule has 1 aliphatic rings. The molecule has 4 aromatic rings. The summed E-state index contributed by atoms with van der Waals surface area (Å²) < 4.78 is 44.9. The Labute approximate surface area is 219 Å². The molecule has 1 N–H and O–H groups in total. The second-order valence-electron chi connectivity index (χ2n) is 9.10. The fourth-order valence-corrected chi connectivity index (χ4v) is 5.99. The van der Waals surface area contributed by atoms with Gasteiger partial charge in [0.2, 0.25) is 16.8 Å². The smallest absolute Gasteiger partial charge is 0.339 e. The highest BCUT2D eigenvalue weighted by Gasteiger charge is 2.31. The summed E-state index contributed by atoms with van der Waals surface area (Å²) in [6.07, 6.45) is 0. The maximum atomic E-state index is 14.0. The summed E-state index contributed by atoms with van der Waals surface area (Å²) in [5, 5.41) is 0.790. The summed E-state index contributed by atoms with van der Waals surface area (Å²) in [4.78, 5) is 28.1. The molecule has 1 aromatic heterocycles. The van der Waals surface area contributed by atoms with Crippen molar-refractivity contribution in [3.05, 3.63) is 98.8 Å². The van der Waals surface area contributed by atoms with E-state index in [9.17, 15) is 18.0 Å². The van der Waals surface area contributed by atoms with Gasteiger partial charge in [-0.1, -0.05) is 18.2 Å². The van der Waals surface area contributed by atoms with Gasteiger partial charge in [0, 0.05) is 24.2 Å². The second kappa shape index (κ2) is 9.96. The first-order valence-electron chi connectivity index (χ1n) is 11.9. The molecular weight excluding hydrogens is 508 g/mol. The first-order valence-corrected chi connectivity index (χ1v) is 13.3. The van der Waals surface area contributed by atoms with E-state index in [-0.39, 0.29) is 35.9 Å². The summed E-state index contributed by atoms with van der Waals surface area (Å²) in [5.41, 5.74) is 3.15. The van der Waals surface area contributed by atoms with Crippen LogP contribution in [0, 0.1) is 13.8 Å². The predicted octanol–water partition coefficient (Wildman–Crippen LogP) is 4.05. The van der Waals surface area contributed by atoms with Crippen molar-refractivity contribution in [1.82, 2.24) is 9.29 Å². The second-order valence-corrected chi connectivity index (χ2v) is 11.0. The fraction of sp³-hybridized carbons (Fsp3) is 0.214. The van der Waals surface area contributed by atoms with Crippen LogP contribution < -0.4 is 15.0 Å². The lowest BCUT2D eigenvalue weighted by molar-refractivity contribution is 0.0596. The minimum Gasteiger partial charge on any atom is -0.465 e. The monoisotopic (exact) mass is 534 g/mol. The Kier molecular flexibility index (Phi) is 6.68. The van der Waals surface area contributed by atoms with E-state index in [0.717, 1.165) is 16.5 Å². The normalized spacial score (nSPS) is 12.7. The van der Waals surface area contributed by atoms with Crippen LogP contribution in [0.5, 0.6) is 11.5 Å². The standard InChI is InChI=1S/C28H26N2O7S/c1-17-10-20-13-21(27(31)29-23(20)11-18(17)2)15-30(14-19-8-9-24-25(12-19)37-16-36-24)38(33,34)26-7-5-4-6-22(26)28(32)35-3/h4-13H,14-16H2,1-3H3,(H,29,31). The average Bonchev–Trinajstić information content (AvgIpc) is 3.37. The van der Waals surface area contributed by atoms with Crippen molar-refractivity contribution in [2.45, 2.75) is 31.8 Å². The van der Waals surface area contributed by atoms with Crippen molar-refractivity contribution in [2.24, 2.45) is 0 Å². The average molecular weight is 535 g/mol. The van der Waals surface area contributed by atoms with Crippen LogP contribution in [0.1, 0.15) is 32.6 Å². The summed E-state index contributed by atoms with van der Waals surface area (Å²) in [6.45, 7) is 3.70. The summed E-state index contributed by atoms with van der Waals surface area (Å²) in [5.74, 6) is 0.293. The van der Waals surface area contributed by atoms with Gasteiger partial charge in [-0.2, -0.15) is 4.31 Å². The van der Waals surface area contributed by atoms with Crippen LogP contribution in [0.4, 0.5) is 0 Å². The Morgan fingerprint density at radius 1 is 0.974 bits per heavy atom. The molecule has 5 rings (SSSR count). The zero-order valence-electron chi connectivity index (χ0n) is 21.1. The number of aromatic nitrogens is 1. The van der Waals surface area contributed by atoms with Crippen molar-refractivity contribution in [3.63, 3.8) is 0 Å². The molecule has 9 nitrogen and oxygen atoms in total. The lowest BCUT2D eigenvalue weighted by Gasteiger charge is -2.23. The number of methoxy groups -OCH3 is 1. The quantitative estimate of drug-likeness (QED) is 0.356. The Balaban J connectivity index is 1.61. The maximum absolute atomic E-state index is 14.0. The minimum absolute atomic E-state index is 0.0820. The molecule has 38 heavy (non-hydrogen) atoms. The van der Waals surface area contributed by atoms with Gasteiger partial charge in [-0.25, -0.2) is 13.2 Å². The Morgan fingerprint density at radius 2 is 1.71 bits per heavy atom. The molecule has 3 aromatic carbocycles. The van der Waals surface area contributed by atoms with E-state index < -0.39 is 21.6 Å². The van der Waals surface area contributed by atoms with Gasteiger partial charge < -0.3 is 19.2 Å². The van der Waals surface area contributed by atoms with Crippen LogP contribution in [0.15, 0.2) is 70.4 Å². The zero-order chi connectivity index (χ0) is 27.0. The molecule has 0 atom stereocenters. The van der Waals surface area contributed by atoms with Gasteiger partial charge in [-0.15, -0.1) is 0 Å². The van der Waals surface area contributed by atoms with E-state index in [1.807, 2.05) is 26.0 Å². The van der Waals surface area contributed by atoms with Crippen molar-refractivity contribution < 1.29 is 27.4 Å². The molecule has 2 heterocycles. The van der Waals surface area contributed by atoms with Crippen LogP contribution in [0.3, 0.4) is 0 Å². The zero-order valence-corrected chi connectivity index (χ0v) is 21.9. The number of H-pyrrole nitrogens is 1. The molecule has 0 aliphatic carbocycles. The first kappa shape index (κ1) is 25.5. The summed E-state index contributed by atoms with van der Waals surface area (Å²) in [7, 11) is -3.09. The van der Waals surface area contributed by atoms with Crippen LogP contribution in [0.25, 0.3) is 10.9 Å². The van der Waals surface area contributed by atoms with E-state index in [1.54, 1.807) is 30.3 Å². The molecule has 0 radical (unpaired) electrons. The third-order valence-electron chi connectivity index (χ3n) is 6.59. The van der Waals surface area contributed by atoms with Crippen molar-refractivity contribution in [2.75, 3.05) is 13.9 Å². The predicted molar refractivity (Wildman–Crippen MR) is 141 cm³/mol. The van der Waals surface area contributed by atoms with Gasteiger partial charge in [0.1, 0.15) is 0 Å². The maximum Gasteiger partial charge on any atom is 0.339 e. The highest BCUT2D eigenvalue weighted by atomic mass is 32.2. The molecule has 0 unspecified atom stereocenters. The number of aromatic amines is 1. The van der Waals surface area contributed by atoms with E-state index >= 15 is 0 Å². The molecule has 0 saturated carbocycles. The SMILES string of the molecule is COC(=O)c1ccccc1S(=O)(=O)N(Cc1ccc2c(c1)OCO2)Cc1cc2cc(C)c(C)cc2[nH]c1=O. The van der Waals surface area contributed by atoms with Gasteiger partial charge in [-0.3, -0.25) is 4.79 Å². The molecule has 0 spiro atoms. The molecule has 0 bridgehead atoms. The number of aryl methyl sites for hydroxylation is 2. The summed E-state index contributed by atoms with van der Waals surface area (Å²) in [6, 6.07) is 16.5. The lowest BCUT2D eigenvalue weighted by atomic mass is 10.0. The topological polar surface area (TPSA) is 115 Å². The summed E-state index contributed by atoms with van der Waals surface area (Å²) >= 11 is 0. The van der Waals surface area contributed by atoms with Crippen LogP contribution in [-0.4, -0.2) is 37.6 Å². The van der Waals surface area contributed by atoms with Gasteiger partial charge in [-0.05, 0) is 78.4 Å². The number of ether oxygens (including phenoxy) is 3. The van der Waals surface area contributed by atoms with Gasteiger partial charge >= 0.3 is 5.97 Å². The van der Waals surface area contributed by atoms with Crippen molar-refractivity contribution >= 4 is 26.9 Å². The number of carbonyl (C=O) groups is 1. The van der Waals surface area contributed by atoms with Crippen LogP contribution in [-0.2, 0) is 27.8 Å². The van der Waals surface area contributed by atoms with Crippen molar-refractivity contribution in [3.8, 4) is 11.5 Å². The number of carbonyl (C=O) groups excluding carboxylic acids is 1. The molecule has 0 amide bonds. The molecule has 0 fully saturated rings. The number of nitrogens with one attached hydrogen (secondary N) is 1. The van der Waals surface area contributed by atoms with E-state index in [0.29, 0.717) is 22.6 Å². The number of fused-ring (bicyclic) bond motifs is 2. The number of nitrogens with zero attached hydrogens (tertiary/aromatic N) is 1. The van der Waals surface area contributed by atoms with E-state index in [4.69, 9.17) is 14.2 Å². The third-order valence-corrected chi connectivity index (χ3v) is 8.44. The molecule has 0 saturated heterocycles. The number of hydrogen-bond acceptors (Lipinski definition) is 7. The van der Waals surface area contributed by atoms with Crippen molar-refractivity contribution in [1.29, 1.82) is 0 Å². The van der Waals surface area contributed by atoms with Gasteiger partial charge in [0.05, 0.1) is 17.6 Å². The molecule has 196 valence electrons. The third kappa shape index (κ3) is 4.75. The lowest BCUT2D eigenvalue weighted by Crippen LogP contribution is -2.33. The number of benzene rings is 3. The molecule has 10 heteroatoms. The highest BCUT2D eigenvalue weighted by Crippen LogP contribution is 2.34. The minimum atomic E-state index is -4.27. The number of hydrogen-bond donors (Lipinski definition) is 1. The van der Waals surface area contributed by atoms with E-state index in [2.05, 4.69) is 4.98 Å². The van der Waals surface area contributed by atoms with Gasteiger partial charge in [0.15, 0.2) is 11.5 Å². The van der Waals surface area contributed by atoms with Crippen LogP contribution in [0.2, 0.25) is 0 Å². The largest absolute Gasteiger partial charge is 0.465 e. The molecular formula is C28H26N2O7S. The van der Waals surface area contributed by atoms with Gasteiger partial charge in [0.25, 0.3) is 5.56 Å². The first-order chi connectivity index (χ1) is 18.2. The number of sulfonamides is 1. The molecule has 1 aliphatic heterocycles. The Hall–Kier alpha value is -4.15. The van der Waals surface area contributed by atoms with E-state index in [1.165, 1.54) is 29.6 Å². The Bertz CT molecular complexity index is 1730. The Morgan fingerprint density at radius 3 is 2.50 bits per heavy atom. The number of rotatable bonds is 7. The number of esters is 1. The van der Waals surface area contributed by atoms with Crippen LogP contribution >= 0.6 is 0 Å².